The SMILES string of the molecule is N[C@@H](CSSC[C@H](N)C(=O)NCCCN1CCCC1)C(=O)NCCCN1CCCC1. The molecule has 2 atom stereocenters. The summed E-state index contributed by atoms with van der Waals surface area (Å²) in [4.78, 5) is 29.0. The molecular formula is C20H40N6O2S2. The van der Waals surface area contributed by atoms with E-state index in [1.807, 2.05) is 0 Å². The van der Waals surface area contributed by atoms with Crippen LogP contribution >= 0.6 is 21.6 Å². The van der Waals surface area contributed by atoms with Crippen molar-refractivity contribution in [2.45, 2.75) is 50.6 Å². The van der Waals surface area contributed by atoms with Crippen molar-refractivity contribution in [3.05, 3.63) is 0 Å². The fraction of sp³-hybridized carbons (Fsp3) is 0.900. The Balaban J connectivity index is 1.42. The maximum Gasteiger partial charge on any atom is 0.237 e. The standard InChI is InChI=1S/C20H40N6O2S2/c21-17(19(27)23-7-5-13-25-9-1-2-10-25)15-29-30-16-18(22)20(28)24-8-6-14-26-11-3-4-12-26/h17-18H,1-16,21-22H2,(H,23,27)(H,24,28)/t17-,18-/m0/s1. The van der Waals surface area contributed by atoms with Crippen LogP contribution in [0.25, 0.3) is 0 Å². The summed E-state index contributed by atoms with van der Waals surface area (Å²) in [6, 6.07) is -1.07. The fourth-order valence-electron chi connectivity index (χ4n) is 3.70. The van der Waals surface area contributed by atoms with Gasteiger partial charge >= 0.3 is 0 Å². The van der Waals surface area contributed by atoms with Gasteiger partial charge in [-0.2, -0.15) is 0 Å². The first-order chi connectivity index (χ1) is 14.6. The minimum absolute atomic E-state index is 0.107. The molecule has 8 nitrogen and oxygen atoms in total. The molecule has 0 aromatic heterocycles. The van der Waals surface area contributed by atoms with Gasteiger partial charge in [0.05, 0.1) is 12.1 Å². The van der Waals surface area contributed by atoms with Gasteiger partial charge in [-0.15, -0.1) is 0 Å². The lowest BCUT2D eigenvalue weighted by molar-refractivity contribution is -0.122. The molecule has 2 heterocycles. The number of rotatable bonds is 15. The van der Waals surface area contributed by atoms with Gasteiger partial charge in [-0.3, -0.25) is 9.59 Å². The third kappa shape index (κ3) is 10.7. The molecule has 0 unspecified atom stereocenters. The maximum atomic E-state index is 12.1. The minimum Gasteiger partial charge on any atom is -0.355 e. The van der Waals surface area contributed by atoms with Crippen LogP contribution in [0.15, 0.2) is 0 Å². The number of carbonyl (C=O) groups is 2. The van der Waals surface area contributed by atoms with Crippen molar-refractivity contribution in [1.29, 1.82) is 0 Å². The third-order valence-corrected chi connectivity index (χ3v) is 8.02. The molecule has 2 aliphatic heterocycles. The quantitative estimate of drug-likeness (QED) is 0.203. The van der Waals surface area contributed by atoms with E-state index in [-0.39, 0.29) is 11.8 Å². The summed E-state index contributed by atoms with van der Waals surface area (Å²) in [6.07, 6.45) is 7.07. The molecule has 0 aromatic rings. The predicted molar refractivity (Wildman–Crippen MR) is 127 cm³/mol. The number of carbonyl (C=O) groups excluding carboxylic acids is 2. The summed E-state index contributed by atoms with van der Waals surface area (Å²) in [5, 5.41) is 5.84. The van der Waals surface area contributed by atoms with Gasteiger partial charge < -0.3 is 31.9 Å². The van der Waals surface area contributed by atoms with Crippen LogP contribution < -0.4 is 22.1 Å². The van der Waals surface area contributed by atoms with Gasteiger partial charge in [-0.25, -0.2) is 0 Å². The molecular weight excluding hydrogens is 420 g/mol. The minimum atomic E-state index is -0.537. The first kappa shape index (κ1) is 25.7. The van der Waals surface area contributed by atoms with Crippen molar-refractivity contribution in [3.8, 4) is 0 Å². The Morgan fingerprint density at radius 1 is 0.733 bits per heavy atom. The predicted octanol–water partition coefficient (Wildman–Crippen LogP) is 0.227. The van der Waals surface area contributed by atoms with Crippen LogP contribution in [0, 0.1) is 0 Å². The van der Waals surface area contributed by atoms with E-state index in [0.29, 0.717) is 24.6 Å². The molecule has 2 saturated heterocycles. The van der Waals surface area contributed by atoms with E-state index in [2.05, 4.69) is 20.4 Å². The molecule has 2 aliphatic rings. The molecule has 2 rings (SSSR count). The summed E-state index contributed by atoms with van der Waals surface area (Å²) in [5.74, 6) is 0.800. The lowest BCUT2D eigenvalue weighted by atomic mass is 10.3. The van der Waals surface area contributed by atoms with Crippen LogP contribution in [0.3, 0.4) is 0 Å². The summed E-state index contributed by atoms with van der Waals surface area (Å²) in [7, 11) is 2.99. The van der Waals surface area contributed by atoms with Crippen molar-refractivity contribution in [1.82, 2.24) is 20.4 Å². The molecule has 30 heavy (non-hydrogen) atoms. The second-order valence-corrected chi connectivity index (χ2v) is 10.7. The Bertz CT molecular complexity index is 458. The van der Waals surface area contributed by atoms with Crippen LogP contribution in [-0.4, -0.2) is 97.6 Å². The van der Waals surface area contributed by atoms with E-state index in [1.165, 1.54) is 73.5 Å². The summed E-state index contributed by atoms with van der Waals surface area (Å²) >= 11 is 0. The zero-order valence-corrected chi connectivity index (χ0v) is 19.8. The van der Waals surface area contributed by atoms with Crippen molar-refractivity contribution in [2.24, 2.45) is 11.5 Å². The number of likely N-dealkylation sites (tertiary alicyclic amines) is 2. The average molecular weight is 461 g/mol. The monoisotopic (exact) mass is 460 g/mol. The van der Waals surface area contributed by atoms with Crippen molar-refractivity contribution in [2.75, 3.05) is 63.9 Å². The normalized spacial score (nSPS) is 19.7. The third-order valence-electron chi connectivity index (χ3n) is 5.55. The van der Waals surface area contributed by atoms with Gasteiger partial charge in [-0.1, -0.05) is 21.6 Å². The van der Waals surface area contributed by atoms with Gasteiger partial charge in [0.2, 0.25) is 11.8 Å². The van der Waals surface area contributed by atoms with Gasteiger partial charge in [0.1, 0.15) is 0 Å². The second-order valence-electron chi connectivity index (χ2n) is 8.17. The van der Waals surface area contributed by atoms with Crippen LogP contribution in [0.1, 0.15) is 38.5 Å². The summed E-state index contributed by atoms with van der Waals surface area (Å²) < 4.78 is 0. The van der Waals surface area contributed by atoms with E-state index < -0.39 is 12.1 Å². The number of nitrogens with two attached hydrogens (primary N) is 2. The molecule has 2 amide bonds. The molecule has 0 aliphatic carbocycles. The molecule has 0 spiro atoms. The average Bonchev–Trinajstić information content (AvgIpc) is 3.45. The highest BCUT2D eigenvalue weighted by atomic mass is 33.1. The molecule has 174 valence electrons. The van der Waals surface area contributed by atoms with Crippen LogP contribution in [0.5, 0.6) is 0 Å². The van der Waals surface area contributed by atoms with E-state index >= 15 is 0 Å². The maximum absolute atomic E-state index is 12.1. The zero-order chi connectivity index (χ0) is 21.6. The number of hydrogen-bond donors (Lipinski definition) is 4. The van der Waals surface area contributed by atoms with Crippen LogP contribution in [-0.2, 0) is 9.59 Å². The largest absolute Gasteiger partial charge is 0.355 e. The lowest BCUT2D eigenvalue weighted by Crippen LogP contribution is -2.43. The van der Waals surface area contributed by atoms with E-state index in [4.69, 9.17) is 11.5 Å². The number of hydrogen-bond acceptors (Lipinski definition) is 8. The van der Waals surface area contributed by atoms with Gasteiger partial charge in [-0.05, 0) is 77.8 Å². The second kappa shape index (κ2) is 15.3. The van der Waals surface area contributed by atoms with Crippen molar-refractivity contribution < 1.29 is 9.59 Å². The number of nitrogens with zero attached hydrogens (tertiary/aromatic N) is 2. The highest BCUT2D eigenvalue weighted by Gasteiger charge is 2.17. The highest BCUT2D eigenvalue weighted by Crippen LogP contribution is 2.22. The molecule has 10 heteroatoms. The lowest BCUT2D eigenvalue weighted by Gasteiger charge is -2.16. The molecule has 0 aromatic carbocycles. The molecule has 0 saturated carbocycles. The molecule has 0 bridgehead atoms. The first-order valence-corrected chi connectivity index (χ1v) is 13.8. The fourth-order valence-corrected chi connectivity index (χ4v) is 5.94. The number of amides is 2. The van der Waals surface area contributed by atoms with E-state index in [0.717, 1.165) is 25.9 Å². The smallest absolute Gasteiger partial charge is 0.237 e. The highest BCUT2D eigenvalue weighted by molar-refractivity contribution is 8.76. The molecule has 0 radical (unpaired) electrons. The van der Waals surface area contributed by atoms with Crippen molar-refractivity contribution >= 4 is 33.4 Å². The van der Waals surface area contributed by atoms with E-state index in [9.17, 15) is 9.59 Å². The van der Waals surface area contributed by atoms with Crippen molar-refractivity contribution in [3.63, 3.8) is 0 Å². The van der Waals surface area contributed by atoms with Crippen LogP contribution in [0.4, 0.5) is 0 Å². The first-order valence-electron chi connectivity index (χ1n) is 11.3. The summed E-state index contributed by atoms with van der Waals surface area (Å²) in [6.45, 7) is 8.14. The van der Waals surface area contributed by atoms with Gasteiger partial charge in [0, 0.05) is 24.6 Å². The Morgan fingerprint density at radius 3 is 1.47 bits per heavy atom. The summed E-state index contributed by atoms with van der Waals surface area (Å²) in [5.41, 5.74) is 11.9. The molecule has 2 fully saturated rings. The Hall–Kier alpha value is -0.520. The van der Waals surface area contributed by atoms with Gasteiger partial charge in [0.25, 0.3) is 0 Å². The van der Waals surface area contributed by atoms with E-state index in [1.54, 1.807) is 0 Å². The number of nitrogens with one attached hydrogen (secondary N) is 2. The van der Waals surface area contributed by atoms with Crippen LogP contribution in [0.2, 0.25) is 0 Å². The Morgan fingerprint density at radius 2 is 1.10 bits per heavy atom. The topological polar surface area (TPSA) is 117 Å². The Labute approximate surface area is 189 Å². The zero-order valence-electron chi connectivity index (χ0n) is 18.2. The molecule has 6 N–H and O–H groups in total. The Kier molecular flexibility index (Phi) is 13.1. The van der Waals surface area contributed by atoms with Gasteiger partial charge in [0.15, 0.2) is 0 Å².